The molecule has 2 heterocycles. The molecule has 0 amide bonds. The van der Waals surface area contributed by atoms with Crippen LogP contribution in [0.15, 0.2) is 60.8 Å². The van der Waals surface area contributed by atoms with Crippen molar-refractivity contribution in [2.24, 2.45) is 7.05 Å². The van der Waals surface area contributed by atoms with Gasteiger partial charge in [-0.15, -0.1) is 11.3 Å². The predicted molar refractivity (Wildman–Crippen MR) is 118 cm³/mol. The third-order valence-electron chi connectivity index (χ3n) is 5.22. The summed E-state index contributed by atoms with van der Waals surface area (Å²) in [6.07, 6.45) is 1.70. The molecule has 0 fully saturated rings. The lowest BCUT2D eigenvalue weighted by molar-refractivity contribution is -0.659. The maximum Gasteiger partial charge on any atom is 0.230 e. The number of fused-ring (bicyclic) bond motifs is 5. The number of hydrogen-bond donors (Lipinski definition) is 0. The maximum absolute atomic E-state index is 8.25. The first-order chi connectivity index (χ1) is 15.5. The van der Waals surface area contributed by atoms with Gasteiger partial charge in [0.25, 0.3) is 0 Å². The van der Waals surface area contributed by atoms with Crippen LogP contribution in [-0.4, -0.2) is 0 Å². The summed E-state index contributed by atoms with van der Waals surface area (Å²) in [5, 5.41) is 3.80. The van der Waals surface area contributed by atoms with E-state index in [-0.39, 0.29) is 0 Å². The predicted octanol–water partition coefficient (Wildman–Crippen LogP) is 6.62. The molecule has 0 aliphatic heterocycles. The first kappa shape index (κ1) is 11.2. The Kier molecular flexibility index (Phi) is 2.45. The van der Waals surface area contributed by atoms with E-state index in [0.29, 0.717) is 11.1 Å². The van der Waals surface area contributed by atoms with Crippen LogP contribution in [0, 0.1) is 20.6 Å². The molecule has 27 heavy (non-hydrogen) atoms. The zero-order valence-electron chi connectivity index (χ0n) is 21.1. The largest absolute Gasteiger partial charge is 0.230 e. The normalized spacial score (nSPS) is 15.9. The second-order valence-corrected chi connectivity index (χ2v) is 8.05. The quantitative estimate of drug-likeness (QED) is 0.290. The molecule has 5 rings (SSSR count). The third kappa shape index (κ3) is 2.40. The summed E-state index contributed by atoms with van der Waals surface area (Å²) in [5.74, 6) is 0. The summed E-state index contributed by atoms with van der Waals surface area (Å²) in [6.45, 7) is -2.56. The van der Waals surface area contributed by atoms with Crippen molar-refractivity contribution in [2.75, 3.05) is 0 Å². The highest BCUT2D eigenvalue weighted by Gasteiger charge is 2.23. The number of thiophene rings is 1. The molecule has 0 unspecified atom stereocenters. The number of hydrogen-bond acceptors (Lipinski definition) is 1. The van der Waals surface area contributed by atoms with Crippen LogP contribution in [0.1, 0.15) is 24.9 Å². The van der Waals surface area contributed by atoms with E-state index in [4.69, 9.17) is 8.22 Å². The van der Waals surface area contributed by atoms with Crippen LogP contribution in [0.25, 0.3) is 42.2 Å². The fourth-order valence-electron chi connectivity index (χ4n) is 4.02. The van der Waals surface area contributed by atoms with Crippen molar-refractivity contribution in [3.63, 3.8) is 0 Å². The summed E-state index contributed by atoms with van der Waals surface area (Å²) in [4.78, 5) is 0. The summed E-state index contributed by atoms with van der Waals surface area (Å²) < 4.78 is 51.7. The van der Waals surface area contributed by atoms with Crippen molar-refractivity contribution in [1.82, 2.24) is 0 Å². The van der Waals surface area contributed by atoms with Crippen LogP contribution in [0.2, 0.25) is 0 Å². The van der Waals surface area contributed by atoms with Gasteiger partial charge in [0.1, 0.15) is 11.7 Å². The van der Waals surface area contributed by atoms with E-state index in [1.165, 1.54) is 0 Å². The van der Waals surface area contributed by atoms with E-state index < -0.39 is 13.7 Å². The molecule has 0 bridgehead atoms. The van der Waals surface area contributed by atoms with Crippen molar-refractivity contribution in [2.45, 2.75) is 20.6 Å². The summed E-state index contributed by atoms with van der Waals surface area (Å²) in [5.41, 5.74) is 3.23. The Bertz CT molecular complexity index is 1560. The van der Waals surface area contributed by atoms with E-state index in [1.54, 1.807) is 29.7 Å². The molecule has 0 saturated heterocycles. The number of pyridine rings is 1. The van der Waals surface area contributed by atoms with E-state index in [1.807, 2.05) is 48.9 Å². The SMILES string of the molecule is [2H]C([2H])([2H])c1ccc(-c2c3sc4ccc5ccccc5c4c3c(C([2H])([2H])[2H])c[n+]2C)c(C)c1. The van der Waals surface area contributed by atoms with Gasteiger partial charge in [-0.2, -0.15) is 4.57 Å². The molecule has 0 aliphatic carbocycles. The van der Waals surface area contributed by atoms with E-state index in [9.17, 15) is 0 Å². The van der Waals surface area contributed by atoms with E-state index >= 15 is 0 Å². The number of aromatic nitrogens is 1. The van der Waals surface area contributed by atoms with E-state index in [0.717, 1.165) is 47.8 Å². The summed E-state index contributed by atoms with van der Waals surface area (Å²) in [7, 11) is 1.85. The lowest BCUT2D eigenvalue weighted by atomic mass is 9.98. The average molecular weight is 375 g/mol. The Labute approximate surface area is 171 Å². The van der Waals surface area contributed by atoms with Crippen molar-refractivity contribution in [3.8, 4) is 11.3 Å². The molecule has 0 radical (unpaired) electrons. The first-order valence-corrected chi connectivity index (χ1v) is 9.67. The molecule has 1 nitrogen and oxygen atoms in total. The minimum absolute atomic E-state index is 0.295. The highest BCUT2D eigenvalue weighted by Crippen LogP contribution is 2.43. The van der Waals surface area contributed by atoms with Crippen LogP contribution < -0.4 is 4.57 Å². The molecular formula is C25H22NS+. The van der Waals surface area contributed by atoms with Crippen LogP contribution in [-0.2, 0) is 7.05 Å². The first-order valence-electron chi connectivity index (χ1n) is 11.9. The van der Waals surface area contributed by atoms with Crippen molar-refractivity contribution >= 4 is 42.3 Å². The minimum atomic E-state index is -2.28. The molecule has 0 N–H and O–H groups in total. The van der Waals surface area contributed by atoms with Crippen LogP contribution in [0.4, 0.5) is 0 Å². The zero-order chi connectivity index (χ0) is 23.7. The molecule has 2 aromatic heterocycles. The van der Waals surface area contributed by atoms with Gasteiger partial charge in [0.2, 0.25) is 5.69 Å². The Morgan fingerprint density at radius 3 is 2.63 bits per heavy atom. The van der Waals surface area contributed by atoms with Gasteiger partial charge in [-0.25, -0.2) is 0 Å². The Hall–Kier alpha value is -2.71. The highest BCUT2D eigenvalue weighted by molar-refractivity contribution is 7.26. The minimum Gasteiger partial charge on any atom is -0.200 e. The third-order valence-corrected chi connectivity index (χ3v) is 6.38. The van der Waals surface area contributed by atoms with Gasteiger partial charge in [0.05, 0.1) is 5.56 Å². The molecule has 5 aromatic rings. The van der Waals surface area contributed by atoms with Gasteiger partial charge in [-0.1, -0.05) is 48.0 Å². The Morgan fingerprint density at radius 1 is 0.926 bits per heavy atom. The Balaban J connectivity index is 1.95. The van der Waals surface area contributed by atoms with Crippen molar-refractivity contribution < 1.29 is 12.8 Å². The van der Waals surface area contributed by atoms with Gasteiger partial charge in [-0.05, 0) is 49.1 Å². The van der Waals surface area contributed by atoms with E-state index in [2.05, 4.69) is 12.1 Å². The van der Waals surface area contributed by atoms with Crippen LogP contribution >= 0.6 is 11.3 Å². The topological polar surface area (TPSA) is 3.88 Å². The van der Waals surface area contributed by atoms with Crippen LogP contribution in [0.5, 0.6) is 0 Å². The fourth-order valence-corrected chi connectivity index (χ4v) is 5.35. The smallest absolute Gasteiger partial charge is 0.200 e. The van der Waals surface area contributed by atoms with Gasteiger partial charge < -0.3 is 0 Å². The molecule has 2 heteroatoms. The number of nitrogens with zero attached hydrogens (tertiary/aromatic N) is 1. The lowest BCUT2D eigenvalue weighted by Crippen LogP contribution is -2.31. The molecule has 3 aromatic carbocycles. The number of benzene rings is 3. The zero-order valence-corrected chi connectivity index (χ0v) is 15.9. The fraction of sp³-hybridized carbons (Fsp3) is 0.160. The number of aryl methyl sites for hydroxylation is 4. The standard InChI is InChI=1S/C25H22NS/c1-15-9-11-19(16(2)13-15)24-25-22(17(3)14-26(24)4)23-20-8-6-5-7-18(20)10-12-21(23)27-25/h5-14H,1-4H3/q+1/i1D3,3D3. The van der Waals surface area contributed by atoms with Crippen molar-refractivity contribution in [3.05, 3.63) is 77.5 Å². The second-order valence-electron chi connectivity index (χ2n) is 7.00. The molecule has 0 saturated carbocycles. The van der Waals surface area contributed by atoms with Crippen LogP contribution in [0.3, 0.4) is 0 Å². The highest BCUT2D eigenvalue weighted by atomic mass is 32.1. The molecule has 0 spiro atoms. The molecule has 0 aliphatic rings. The van der Waals surface area contributed by atoms with Gasteiger partial charge in [0, 0.05) is 29.3 Å². The van der Waals surface area contributed by atoms with Gasteiger partial charge in [-0.3, -0.25) is 0 Å². The lowest BCUT2D eigenvalue weighted by Gasteiger charge is -2.08. The molecular weight excluding hydrogens is 346 g/mol. The molecule has 132 valence electrons. The van der Waals surface area contributed by atoms with Gasteiger partial charge >= 0.3 is 0 Å². The maximum atomic E-state index is 8.25. The molecule has 0 atom stereocenters. The number of rotatable bonds is 1. The summed E-state index contributed by atoms with van der Waals surface area (Å²) in [6, 6.07) is 17.3. The Morgan fingerprint density at radius 2 is 1.81 bits per heavy atom. The second kappa shape index (κ2) is 5.90. The van der Waals surface area contributed by atoms with Crippen molar-refractivity contribution in [1.29, 1.82) is 0 Å². The average Bonchev–Trinajstić information content (AvgIpc) is 3.12. The van der Waals surface area contributed by atoms with Gasteiger partial charge in [0.15, 0.2) is 6.20 Å². The summed E-state index contributed by atoms with van der Waals surface area (Å²) >= 11 is 1.58. The monoisotopic (exact) mass is 374 g/mol.